The lowest BCUT2D eigenvalue weighted by Gasteiger charge is -2.44. The summed E-state index contributed by atoms with van der Waals surface area (Å²) in [6, 6.07) is 0.870. The molecule has 0 aliphatic carbocycles. The van der Waals surface area contributed by atoms with Gasteiger partial charge >= 0.3 is 0 Å². The van der Waals surface area contributed by atoms with E-state index in [1.54, 1.807) is 0 Å². The molecule has 4 heteroatoms. The highest BCUT2D eigenvalue weighted by Gasteiger charge is 2.40. The van der Waals surface area contributed by atoms with Crippen LogP contribution in [0.1, 0.15) is 46.5 Å². The molecular formula is C14H27N3O. The van der Waals surface area contributed by atoms with E-state index in [0.29, 0.717) is 12.1 Å². The molecule has 3 unspecified atom stereocenters. The lowest BCUT2D eigenvalue weighted by Crippen LogP contribution is -2.63. The summed E-state index contributed by atoms with van der Waals surface area (Å²) in [6.07, 6.45) is 4.22. The topological polar surface area (TPSA) is 49.6 Å². The molecule has 104 valence electrons. The van der Waals surface area contributed by atoms with Crippen LogP contribution in [0.4, 0.5) is 0 Å². The van der Waals surface area contributed by atoms with E-state index < -0.39 is 5.54 Å². The molecule has 0 saturated carbocycles. The zero-order valence-corrected chi connectivity index (χ0v) is 12.0. The third-order valence-corrected chi connectivity index (χ3v) is 4.46. The van der Waals surface area contributed by atoms with E-state index in [4.69, 9.17) is 5.73 Å². The van der Waals surface area contributed by atoms with Crippen LogP contribution in [-0.2, 0) is 4.79 Å². The smallest absolute Gasteiger partial charge is 0.242 e. The molecule has 0 bridgehead atoms. The first-order valence-electron chi connectivity index (χ1n) is 7.29. The second-order valence-corrected chi connectivity index (χ2v) is 6.26. The number of nitrogens with zero attached hydrogens (tertiary/aromatic N) is 2. The van der Waals surface area contributed by atoms with Crippen LogP contribution in [0.2, 0.25) is 0 Å². The van der Waals surface area contributed by atoms with Crippen LogP contribution in [0.15, 0.2) is 0 Å². The first kappa shape index (κ1) is 13.8. The van der Waals surface area contributed by atoms with Crippen molar-refractivity contribution < 1.29 is 4.79 Å². The Balaban J connectivity index is 2.05. The minimum absolute atomic E-state index is 0.142. The zero-order valence-electron chi connectivity index (χ0n) is 12.0. The number of amides is 1. The van der Waals surface area contributed by atoms with Crippen molar-refractivity contribution >= 4 is 5.91 Å². The van der Waals surface area contributed by atoms with Crippen molar-refractivity contribution in [2.45, 2.75) is 64.1 Å². The van der Waals surface area contributed by atoms with Gasteiger partial charge in [0.05, 0.1) is 5.54 Å². The molecule has 2 saturated heterocycles. The lowest BCUT2D eigenvalue weighted by molar-refractivity contribution is -0.142. The fourth-order valence-electron chi connectivity index (χ4n) is 3.42. The van der Waals surface area contributed by atoms with Gasteiger partial charge in [-0.2, -0.15) is 0 Å². The van der Waals surface area contributed by atoms with Crippen molar-refractivity contribution in [2.24, 2.45) is 5.73 Å². The quantitative estimate of drug-likeness (QED) is 0.822. The maximum atomic E-state index is 12.6. The molecule has 2 rings (SSSR count). The normalized spacial score (nSPS) is 32.1. The lowest BCUT2D eigenvalue weighted by atomic mass is 9.94. The molecule has 1 amide bonds. The molecule has 4 nitrogen and oxygen atoms in total. The Labute approximate surface area is 110 Å². The van der Waals surface area contributed by atoms with Gasteiger partial charge in [-0.1, -0.05) is 13.3 Å². The van der Waals surface area contributed by atoms with Crippen molar-refractivity contribution in [3.8, 4) is 0 Å². The monoisotopic (exact) mass is 253 g/mol. The van der Waals surface area contributed by atoms with Crippen LogP contribution in [0, 0.1) is 0 Å². The van der Waals surface area contributed by atoms with Gasteiger partial charge < -0.3 is 10.6 Å². The maximum Gasteiger partial charge on any atom is 0.242 e. The Morgan fingerprint density at radius 3 is 2.83 bits per heavy atom. The van der Waals surface area contributed by atoms with E-state index in [1.165, 1.54) is 19.4 Å². The fraction of sp³-hybridized carbons (Fsp3) is 0.929. The summed E-state index contributed by atoms with van der Waals surface area (Å²) < 4.78 is 0. The summed E-state index contributed by atoms with van der Waals surface area (Å²) >= 11 is 0. The van der Waals surface area contributed by atoms with Crippen molar-refractivity contribution in [1.82, 2.24) is 9.80 Å². The molecule has 2 fully saturated rings. The van der Waals surface area contributed by atoms with E-state index in [0.717, 1.165) is 25.9 Å². The third-order valence-electron chi connectivity index (χ3n) is 4.46. The Hall–Kier alpha value is -0.610. The standard InChI is InChI=1S/C14H27N3O/c1-4-7-14(3,15)13(18)17-10-12-6-5-8-16(12)9-11(17)2/h11-12H,4-10,15H2,1-3H3. The fourth-order valence-corrected chi connectivity index (χ4v) is 3.42. The molecular weight excluding hydrogens is 226 g/mol. The Kier molecular flexibility index (Phi) is 3.97. The van der Waals surface area contributed by atoms with E-state index in [1.807, 2.05) is 11.8 Å². The van der Waals surface area contributed by atoms with E-state index in [-0.39, 0.29) is 5.91 Å². The van der Waals surface area contributed by atoms with Gasteiger partial charge in [-0.15, -0.1) is 0 Å². The van der Waals surface area contributed by atoms with Gasteiger partial charge in [0.15, 0.2) is 0 Å². The average molecular weight is 253 g/mol. The molecule has 2 aliphatic rings. The summed E-state index contributed by atoms with van der Waals surface area (Å²) in [6.45, 7) is 9.19. The molecule has 2 heterocycles. The largest absolute Gasteiger partial charge is 0.336 e. The van der Waals surface area contributed by atoms with Gasteiger partial charge in [-0.05, 0) is 39.7 Å². The molecule has 2 aliphatic heterocycles. The first-order valence-corrected chi connectivity index (χ1v) is 7.29. The maximum absolute atomic E-state index is 12.6. The number of carbonyl (C=O) groups excluding carboxylic acids is 1. The highest BCUT2D eigenvalue weighted by molar-refractivity contribution is 5.86. The van der Waals surface area contributed by atoms with Gasteiger partial charge in [-0.25, -0.2) is 0 Å². The number of carbonyl (C=O) groups is 1. The van der Waals surface area contributed by atoms with Crippen molar-refractivity contribution in [1.29, 1.82) is 0 Å². The highest BCUT2D eigenvalue weighted by atomic mass is 16.2. The minimum atomic E-state index is -0.691. The predicted molar refractivity (Wildman–Crippen MR) is 73.3 cm³/mol. The summed E-state index contributed by atoms with van der Waals surface area (Å²) in [7, 11) is 0. The Bertz CT molecular complexity index is 316. The van der Waals surface area contributed by atoms with Gasteiger partial charge in [0.1, 0.15) is 0 Å². The SMILES string of the molecule is CCCC(C)(N)C(=O)N1CC2CCCN2CC1C. The van der Waals surface area contributed by atoms with Gasteiger partial charge in [0.25, 0.3) is 0 Å². The summed E-state index contributed by atoms with van der Waals surface area (Å²) in [4.78, 5) is 17.2. The van der Waals surface area contributed by atoms with E-state index in [9.17, 15) is 4.79 Å². The molecule has 0 aromatic carbocycles. The van der Waals surface area contributed by atoms with Gasteiger partial charge in [0, 0.05) is 25.2 Å². The number of hydrogen-bond donors (Lipinski definition) is 1. The predicted octanol–water partition coefficient (Wildman–Crippen LogP) is 1.20. The average Bonchev–Trinajstić information content (AvgIpc) is 2.73. The van der Waals surface area contributed by atoms with Crippen LogP contribution in [0.25, 0.3) is 0 Å². The molecule has 0 aromatic rings. The second kappa shape index (κ2) is 5.17. The van der Waals surface area contributed by atoms with E-state index in [2.05, 4.69) is 18.7 Å². The van der Waals surface area contributed by atoms with Crippen molar-refractivity contribution in [2.75, 3.05) is 19.6 Å². The molecule has 18 heavy (non-hydrogen) atoms. The van der Waals surface area contributed by atoms with E-state index >= 15 is 0 Å². The molecule has 3 atom stereocenters. The van der Waals surface area contributed by atoms with Crippen molar-refractivity contribution in [3.05, 3.63) is 0 Å². The number of rotatable bonds is 3. The van der Waals surface area contributed by atoms with Crippen LogP contribution in [-0.4, -0.2) is 53.0 Å². The number of fused-ring (bicyclic) bond motifs is 1. The molecule has 0 spiro atoms. The van der Waals surface area contributed by atoms with Crippen molar-refractivity contribution in [3.63, 3.8) is 0 Å². The Morgan fingerprint density at radius 2 is 2.17 bits per heavy atom. The van der Waals surface area contributed by atoms with Gasteiger partial charge in [0.2, 0.25) is 5.91 Å². The number of hydrogen-bond acceptors (Lipinski definition) is 3. The summed E-state index contributed by atoms with van der Waals surface area (Å²) in [5, 5.41) is 0. The first-order chi connectivity index (χ1) is 8.45. The molecule has 2 N–H and O–H groups in total. The molecule has 0 radical (unpaired) electrons. The summed E-state index contributed by atoms with van der Waals surface area (Å²) in [5.74, 6) is 0.142. The minimum Gasteiger partial charge on any atom is -0.336 e. The van der Waals surface area contributed by atoms with Crippen LogP contribution >= 0.6 is 0 Å². The summed E-state index contributed by atoms with van der Waals surface area (Å²) in [5.41, 5.74) is 5.51. The molecule has 0 aromatic heterocycles. The Morgan fingerprint density at radius 1 is 1.44 bits per heavy atom. The zero-order chi connectivity index (χ0) is 13.3. The van der Waals surface area contributed by atoms with Gasteiger partial charge in [-0.3, -0.25) is 9.69 Å². The highest BCUT2D eigenvalue weighted by Crippen LogP contribution is 2.26. The number of nitrogens with two attached hydrogens (primary N) is 1. The third kappa shape index (κ3) is 2.54. The van der Waals surface area contributed by atoms with Crippen LogP contribution in [0.3, 0.4) is 0 Å². The van der Waals surface area contributed by atoms with Crippen LogP contribution in [0.5, 0.6) is 0 Å². The second-order valence-electron chi connectivity index (χ2n) is 6.26. The number of piperazine rings is 1. The van der Waals surface area contributed by atoms with Crippen LogP contribution < -0.4 is 5.73 Å².